The topological polar surface area (TPSA) is 41.1 Å². The number of benzene rings is 3. The number of nitrogens with one attached hydrogen (secondary N) is 2. The van der Waals surface area contributed by atoms with Gasteiger partial charge in [-0.3, -0.25) is 10.1 Å². The SMILES string of the molecule is O=C(NC(=S)Nc1cc(Cl)cc(Cl)c1)c1cccc2ccccc12. The van der Waals surface area contributed by atoms with Crippen molar-refractivity contribution in [3.8, 4) is 0 Å². The number of amides is 1. The molecule has 0 spiro atoms. The Morgan fingerprint density at radius 3 is 2.33 bits per heavy atom. The molecule has 24 heavy (non-hydrogen) atoms. The van der Waals surface area contributed by atoms with E-state index in [1.165, 1.54) is 0 Å². The Morgan fingerprint density at radius 2 is 1.58 bits per heavy atom. The van der Waals surface area contributed by atoms with E-state index in [0.29, 0.717) is 21.3 Å². The number of carbonyl (C=O) groups is 1. The number of hydrogen-bond donors (Lipinski definition) is 2. The molecule has 0 saturated heterocycles. The maximum Gasteiger partial charge on any atom is 0.258 e. The average molecular weight is 375 g/mol. The summed E-state index contributed by atoms with van der Waals surface area (Å²) in [5, 5.41) is 8.56. The Kier molecular flexibility index (Phi) is 5.00. The Labute approximate surface area is 154 Å². The zero-order valence-corrected chi connectivity index (χ0v) is 14.7. The molecular formula is C18H12Cl2N2OS. The van der Waals surface area contributed by atoms with Crippen LogP contribution in [0.25, 0.3) is 10.8 Å². The molecule has 2 N–H and O–H groups in total. The van der Waals surface area contributed by atoms with Gasteiger partial charge in [0.05, 0.1) is 0 Å². The van der Waals surface area contributed by atoms with Crippen molar-refractivity contribution in [3.63, 3.8) is 0 Å². The van der Waals surface area contributed by atoms with E-state index in [2.05, 4.69) is 10.6 Å². The Morgan fingerprint density at radius 1 is 0.917 bits per heavy atom. The zero-order valence-electron chi connectivity index (χ0n) is 12.3. The van der Waals surface area contributed by atoms with Gasteiger partial charge in [-0.1, -0.05) is 59.6 Å². The molecule has 0 aliphatic rings. The van der Waals surface area contributed by atoms with Crippen LogP contribution >= 0.6 is 35.4 Å². The summed E-state index contributed by atoms with van der Waals surface area (Å²) >= 11 is 17.1. The van der Waals surface area contributed by atoms with Gasteiger partial charge in [0, 0.05) is 21.3 Å². The van der Waals surface area contributed by atoms with Gasteiger partial charge in [-0.15, -0.1) is 0 Å². The molecular weight excluding hydrogens is 363 g/mol. The summed E-state index contributed by atoms with van der Waals surface area (Å²) in [7, 11) is 0. The first kappa shape index (κ1) is 16.7. The first-order valence-electron chi connectivity index (χ1n) is 7.09. The smallest absolute Gasteiger partial charge is 0.258 e. The third kappa shape index (κ3) is 3.85. The predicted octanol–water partition coefficient (Wildman–Crippen LogP) is 5.27. The standard InChI is InChI=1S/C18H12Cl2N2OS/c19-12-8-13(20)10-14(9-12)21-18(24)22-17(23)16-7-3-5-11-4-1-2-6-15(11)16/h1-10H,(H2,21,22,23,24). The predicted molar refractivity (Wildman–Crippen MR) is 104 cm³/mol. The minimum absolute atomic E-state index is 0.172. The lowest BCUT2D eigenvalue weighted by molar-refractivity contribution is 0.0979. The molecule has 3 nitrogen and oxygen atoms in total. The summed E-state index contributed by atoms with van der Waals surface area (Å²) in [5.74, 6) is -0.280. The first-order valence-corrected chi connectivity index (χ1v) is 8.25. The molecule has 0 aromatic heterocycles. The van der Waals surface area contributed by atoms with Crippen molar-refractivity contribution < 1.29 is 4.79 Å². The molecule has 0 bridgehead atoms. The largest absolute Gasteiger partial charge is 0.332 e. The van der Waals surface area contributed by atoms with E-state index in [1.54, 1.807) is 24.3 Å². The highest BCUT2D eigenvalue weighted by Crippen LogP contribution is 2.22. The van der Waals surface area contributed by atoms with E-state index in [1.807, 2.05) is 36.4 Å². The van der Waals surface area contributed by atoms with Crippen LogP contribution in [0.15, 0.2) is 60.7 Å². The molecule has 120 valence electrons. The fraction of sp³-hybridized carbons (Fsp3) is 0. The fourth-order valence-electron chi connectivity index (χ4n) is 2.38. The molecule has 0 heterocycles. The van der Waals surface area contributed by atoms with Gasteiger partial charge < -0.3 is 5.32 Å². The van der Waals surface area contributed by atoms with Crippen molar-refractivity contribution in [3.05, 3.63) is 76.3 Å². The second kappa shape index (κ2) is 7.18. The molecule has 0 aliphatic heterocycles. The van der Waals surface area contributed by atoms with Crippen LogP contribution < -0.4 is 10.6 Å². The highest BCUT2D eigenvalue weighted by Gasteiger charge is 2.11. The van der Waals surface area contributed by atoms with Crippen molar-refractivity contribution in [2.24, 2.45) is 0 Å². The highest BCUT2D eigenvalue weighted by molar-refractivity contribution is 7.80. The van der Waals surface area contributed by atoms with E-state index in [-0.39, 0.29) is 11.0 Å². The number of anilines is 1. The minimum atomic E-state index is -0.280. The third-order valence-electron chi connectivity index (χ3n) is 3.38. The third-order valence-corrected chi connectivity index (χ3v) is 4.02. The normalized spacial score (nSPS) is 10.4. The molecule has 3 aromatic carbocycles. The average Bonchev–Trinajstić information content (AvgIpc) is 2.53. The van der Waals surface area contributed by atoms with Crippen LogP contribution in [-0.2, 0) is 0 Å². The summed E-state index contributed by atoms with van der Waals surface area (Å²) in [5.41, 5.74) is 1.16. The Balaban J connectivity index is 1.77. The summed E-state index contributed by atoms with van der Waals surface area (Å²) in [6.45, 7) is 0. The van der Waals surface area contributed by atoms with Gasteiger partial charge in [0.2, 0.25) is 0 Å². The van der Waals surface area contributed by atoms with Crippen LogP contribution in [-0.4, -0.2) is 11.0 Å². The zero-order chi connectivity index (χ0) is 17.1. The lowest BCUT2D eigenvalue weighted by Gasteiger charge is -2.11. The van der Waals surface area contributed by atoms with Crippen LogP contribution in [0.2, 0.25) is 10.0 Å². The molecule has 0 fully saturated rings. The molecule has 6 heteroatoms. The number of carbonyl (C=O) groups excluding carboxylic acids is 1. The van der Waals surface area contributed by atoms with Crippen molar-refractivity contribution >= 4 is 62.9 Å². The molecule has 0 aliphatic carbocycles. The lowest BCUT2D eigenvalue weighted by Crippen LogP contribution is -2.34. The molecule has 1 amide bonds. The molecule has 0 radical (unpaired) electrons. The van der Waals surface area contributed by atoms with Gasteiger partial charge in [-0.05, 0) is 47.3 Å². The monoisotopic (exact) mass is 374 g/mol. The second-order valence-corrected chi connectivity index (χ2v) is 6.37. The number of halogens is 2. The van der Waals surface area contributed by atoms with E-state index in [9.17, 15) is 4.79 Å². The molecule has 0 saturated carbocycles. The summed E-state index contributed by atoms with van der Waals surface area (Å²) < 4.78 is 0. The maximum atomic E-state index is 12.5. The number of fused-ring (bicyclic) bond motifs is 1. The minimum Gasteiger partial charge on any atom is -0.332 e. The Hall–Kier alpha value is -2.14. The summed E-state index contributed by atoms with van der Waals surface area (Å²) in [4.78, 5) is 12.5. The van der Waals surface area contributed by atoms with Crippen molar-refractivity contribution in [2.45, 2.75) is 0 Å². The molecule has 3 aromatic rings. The van der Waals surface area contributed by atoms with E-state index < -0.39 is 0 Å². The van der Waals surface area contributed by atoms with Gasteiger partial charge in [-0.25, -0.2) is 0 Å². The van der Waals surface area contributed by atoms with Crippen molar-refractivity contribution in [2.75, 3.05) is 5.32 Å². The van der Waals surface area contributed by atoms with Gasteiger partial charge >= 0.3 is 0 Å². The summed E-state index contributed by atoms with van der Waals surface area (Å²) in [6.07, 6.45) is 0. The molecule has 0 atom stereocenters. The van der Waals surface area contributed by atoms with E-state index in [4.69, 9.17) is 35.4 Å². The van der Waals surface area contributed by atoms with E-state index in [0.717, 1.165) is 10.8 Å². The number of rotatable bonds is 2. The van der Waals surface area contributed by atoms with E-state index >= 15 is 0 Å². The van der Waals surface area contributed by atoms with Crippen LogP contribution in [0.5, 0.6) is 0 Å². The Bertz CT molecular complexity index is 918. The van der Waals surface area contributed by atoms with Crippen LogP contribution in [0.1, 0.15) is 10.4 Å². The van der Waals surface area contributed by atoms with Gasteiger partial charge in [0.15, 0.2) is 5.11 Å². The summed E-state index contributed by atoms with van der Waals surface area (Å²) in [6, 6.07) is 18.2. The molecule has 0 unspecified atom stereocenters. The van der Waals surface area contributed by atoms with Gasteiger partial charge in [-0.2, -0.15) is 0 Å². The second-order valence-electron chi connectivity index (χ2n) is 5.09. The quantitative estimate of drug-likeness (QED) is 0.600. The number of hydrogen-bond acceptors (Lipinski definition) is 2. The van der Waals surface area contributed by atoms with Crippen LogP contribution in [0, 0.1) is 0 Å². The first-order chi connectivity index (χ1) is 11.5. The highest BCUT2D eigenvalue weighted by atomic mass is 35.5. The van der Waals surface area contributed by atoms with Gasteiger partial charge in [0.1, 0.15) is 0 Å². The van der Waals surface area contributed by atoms with Crippen LogP contribution in [0.4, 0.5) is 5.69 Å². The lowest BCUT2D eigenvalue weighted by atomic mass is 10.0. The van der Waals surface area contributed by atoms with Crippen LogP contribution in [0.3, 0.4) is 0 Å². The molecule has 3 rings (SSSR count). The van der Waals surface area contributed by atoms with Gasteiger partial charge in [0.25, 0.3) is 5.91 Å². The maximum absolute atomic E-state index is 12.5. The van der Waals surface area contributed by atoms with Crippen molar-refractivity contribution in [1.29, 1.82) is 0 Å². The fourth-order valence-corrected chi connectivity index (χ4v) is 3.12. The number of thiocarbonyl (C=S) groups is 1. The van der Waals surface area contributed by atoms with Crippen molar-refractivity contribution in [1.82, 2.24) is 5.32 Å².